The van der Waals surface area contributed by atoms with Crippen LogP contribution in [0.1, 0.15) is 50.6 Å². The molecule has 1 aliphatic heterocycles. The van der Waals surface area contributed by atoms with Gasteiger partial charge in [0, 0.05) is 17.8 Å². The maximum Gasteiger partial charge on any atom is 0.255 e. The molecule has 1 heterocycles. The molecule has 1 aliphatic rings. The largest absolute Gasteiger partial charge is 0.327 e. The number of hydrogen-bond donors (Lipinski definition) is 1. The number of carbonyl (C=O) groups is 2. The number of nitrogens with zero attached hydrogens (tertiary/aromatic N) is 1. The van der Waals surface area contributed by atoms with Crippen LogP contribution in [0.5, 0.6) is 0 Å². The highest BCUT2D eigenvalue weighted by Crippen LogP contribution is 2.34. The minimum absolute atomic E-state index is 0.0181. The number of fused-ring (bicyclic) bond motifs is 1. The zero-order chi connectivity index (χ0) is 21.3. The summed E-state index contributed by atoms with van der Waals surface area (Å²) in [6.45, 7) is 6.57. The smallest absolute Gasteiger partial charge is 0.255 e. The second-order valence-corrected chi connectivity index (χ2v) is 8.09. The highest BCUT2D eigenvalue weighted by molar-refractivity contribution is 5.99. The van der Waals surface area contributed by atoms with Gasteiger partial charge in [-0.2, -0.15) is 0 Å². The maximum absolute atomic E-state index is 13.1. The third kappa shape index (κ3) is 3.99. The van der Waals surface area contributed by atoms with Crippen molar-refractivity contribution < 1.29 is 9.59 Å². The Morgan fingerprint density at radius 1 is 0.967 bits per heavy atom. The molecule has 1 N–H and O–H groups in total. The van der Waals surface area contributed by atoms with E-state index in [0.717, 1.165) is 39.1 Å². The van der Waals surface area contributed by atoms with Crippen LogP contribution in [-0.4, -0.2) is 16.7 Å². The molecule has 0 unspecified atom stereocenters. The second kappa shape index (κ2) is 8.15. The first kappa shape index (κ1) is 19.9. The van der Waals surface area contributed by atoms with Gasteiger partial charge in [-0.15, -0.1) is 0 Å². The average Bonchev–Trinajstić information content (AvgIpc) is 3.06. The Morgan fingerprint density at radius 3 is 2.37 bits per heavy atom. The Kier molecular flexibility index (Phi) is 5.40. The molecule has 4 rings (SSSR count). The lowest BCUT2D eigenvalue weighted by atomic mass is 10.00. The normalized spacial score (nSPS) is 13.8. The van der Waals surface area contributed by atoms with Crippen LogP contribution in [0.3, 0.4) is 0 Å². The Labute approximate surface area is 177 Å². The molecule has 0 fully saturated rings. The van der Waals surface area contributed by atoms with Crippen LogP contribution in [0.25, 0.3) is 0 Å². The number of hydrogen-bond acceptors (Lipinski definition) is 2. The Bertz CT molecular complexity index is 1100. The zero-order valence-corrected chi connectivity index (χ0v) is 17.6. The van der Waals surface area contributed by atoms with E-state index in [1.807, 2.05) is 92.4 Å². The molecule has 4 nitrogen and oxygen atoms in total. The van der Waals surface area contributed by atoms with Gasteiger partial charge in [0.05, 0.1) is 12.5 Å². The van der Waals surface area contributed by atoms with Crippen LogP contribution >= 0.6 is 0 Å². The maximum atomic E-state index is 13.1. The molecule has 152 valence electrons. The van der Waals surface area contributed by atoms with Gasteiger partial charge >= 0.3 is 0 Å². The molecule has 1 atom stereocenters. The first-order valence-electron chi connectivity index (χ1n) is 10.2. The first-order chi connectivity index (χ1) is 14.4. The molecular formula is C26H26N2O2. The van der Waals surface area contributed by atoms with Crippen molar-refractivity contribution in [2.45, 2.75) is 39.8 Å². The Hall–Kier alpha value is -3.40. The third-order valence-corrected chi connectivity index (χ3v) is 5.72. The fourth-order valence-electron chi connectivity index (χ4n) is 4.06. The van der Waals surface area contributed by atoms with E-state index in [1.165, 1.54) is 0 Å². The zero-order valence-electron chi connectivity index (χ0n) is 17.6. The molecule has 4 heteroatoms. The van der Waals surface area contributed by atoms with Crippen molar-refractivity contribution in [2.24, 2.45) is 0 Å². The van der Waals surface area contributed by atoms with Crippen molar-refractivity contribution in [1.29, 1.82) is 0 Å². The molecule has 3 aromatic rings. The summed E-state index contributed by atoms with van der Waals surface area (Å²) in [7, 11) is 0. The molecule has 0 spiro atoms. The standard InChI is InChI=1S/C26H26N2O2/c1-17-8-11-20(12-9-17)24(28-16-21-6-4-5-7-22(21)26(28)30)15-25(29)27-23-13-10-18(2)14-19(23)3/h4-14,24H,15-16H2,1-3H3,(H,27,29)/t24-/m0/s1. The van der Waals surface area contributed by atoms with Crippen molar-refractivity contribution in [2.75, 3.05) is 5.32 Å². The van der Waals surface area contributed by atoms with E-state index >= 15 is 0 Å². The summed E-state index contributed by atoms with van der Waals surface area (Å²) in [6.07, 6.45) is 0.204. The molecule has 0 saturated carbocycles. The monoisotopic (exact) mass is 398 g/mol. The van der Waals surface area contributed by atoms with Gasteiger partial charge in [-0.25, -0.2) is 0 Å². The number of nitrogens with one attached hydrogen (secondary N) is 1. The average molecular weight is 399 g/mol. The number of anilines is 1. The van der Waals surface area contributed by atoms with E-state index in [4.69, 9.17) is 0 Å². The van der Waals surface area contributed by atoms with Crippen LogP contribution in [-0.2, 0) is 11.3 Å². The second-order valence-electron chi connectivity index (χ2n) is 8.09. The summed E-state index contributed by atoms with van der Waals surface area (Å²) in [5.41, 5.74) is 6.84. The van der Waals surface area contributed by atoms with Crippen LogP contribution in [0.15, 0.2) is 66.7 Å². The molecule has 3 aromatic carbocycles. The van der Waals surface area contributed by atoms with Crippen LogP contribution in [0.2, 0.25) is 0 Å². The molecule has 2 amide bonds. The summed E-state index contributed by atoms with van der Waals surface area (Å²) < 4.78 is 0. The van der Waals surface area contributed by atoms with Gasteiger partial charge in [-0.1, -0.05) is 65.7 Å². The first-order valence-corrected chi connectivity index (χ1v) is 10.2. The van der Waals surface area contributed by atoms with Gasteiger partial charge in [0.15, 0.2) is 0 Å². The number of rotatable bonds is 5. The highest BCUT2D eigenvalue weighted by Gasteiger charge is 2.34. The van der Waals surface area contributed by atoms with E-state index in [9.17, 15) is 9.59 Å². The minimum Gasteiger partial charge on any atom is -0.327 e. The lowest BCUT2D eigenvalue weighted by Gasteiger charge is -2.28. The van der Waals surface area contributed by atoms with Crippen molar-refractivity contribution in [3.63, 3.8) is 0 Å². The predicted octanol–water partition coefficient (Wildman–Crippen LogP) is 5.34. The fraction of sp³-hybridized carbons (Fsp3) is 0.231. The molecule has 0 aromatic heterocycles. The third-order valence-electron chi connectivity index (χ3n) is 5.72. The highest BCUT2D eigenvalue weighted by atomic mass is 16.2. The minimum atomic E-state index is -0.323. The quantitative estimate of drug-likeness (QED) is 0.631. The Balaban J connectivity index is 1.61. The topological polar surface area (TPSA) is 49.4 Å². The van der Waals surface area contributed by atoms with Crippen molar-refractivity contribution >= 4 is 17.5 Å². The predicted molar refractivity (Wildman–Crippen MR) is 119 cm³/mol. The lowest BCUT2D eigenvalue weighted by molar-refractivity contribution is -0.117. The SMILES string of the molecule is Cc1ccc([C@H](CC(=O)Nc2ccc(C)cc2C)N2Cc3ccccc3C2=O)cc1. The van der Waals surface area contributed by atoms with E-state index in [-0.39, 0.29) is 24.3 Å². The fourth-order valence-corrected chi connectivity index (χ4v) is 4.06. The van der Waals surface area contributed by atoms with Gasteiger partial charge in [-0.05, 0) is 49.6 Å². The van der Waals surface area contributed by atoms with Crippen molar-refractivity contribution in [1.82, 2.24) is 4.90 Å². The summed E-state index contributed by atoms with van der Waals surface area (Å²) >= 11 is 0. The Morgan fingerprint density at radius 2 is 1.67 bits per heavy atom. The molecule has 0 saturated heterocycles. The van der Waals surface area contributed by atoms with E-state index in [2.05, 4.69) is 5.32 Å². The number of aryl methyl sites for hydroxylation is 3. The number of carbonyl (C=O) groups excluding carboxylic acids is 2. The molecular weight excluding hydrogens is 372 g/mol. The van der Waals surface area contributed by atoms with Crippen LogP contribution in [0.4, 0.5) is 5.69 Å². The number of amides is 2. The van der Waals surface area contributed by atoms with Gasteiger partial charge in [0.1, 0.15) is 0 Å². The molecule has 30 heavy (non-hydrogen) atoms. The van der Waals surface area contributed by atoms with Gasteiger partial charge in [-0.3, -0.25) is 9.59 Å². The summed E-state index contributed by atoms with van der Waals surface area (Å²) in [4.78, 5) is 27.9. The van der Waals surface area contributed by atoms with Crippen LogP contribution < -0.4 is 5.32 Å². The lowest BCUT2D eigenvalue weighted by Crippen LogP contribution is -2.32. The van der Waals surface area contributed by atoms with Crippen LogP contribution in [0, 0.1) is 20.8 Å². The van der Waals surface area contributed by atoms with E-state index in [1.54, 1.807) is 0 Å². The summed E-state index contributed by atoms with van der Waals surface area (Å²) in [6, 6.07) is 21.4. The molecule has 0 aliphatic carbocycles. The van der Waals surface area contributed by atoms with E-state index in [0.29, 0.717) is 6.54 Å². The number of benzene rings is 3. The summed E-state index contributed by atoms with van der Waals surface area (Å²) in [5, 5.41) is 3.03. The van der Waals surface area contributed by atoms with Gasteiger partial charge < -0.3 is 10.2 Å². The van der Waals surface area contributed by atoms with E-state index < -0.39 is 0 Å². The molecule has 0 bridgehead atoms. The summed E-state index contributed by atoms with van der Waals surface area (Å²) in [5.74, 6) is -0.119. The van der Waals surface area contributed by atoms with Crippen molar-refractivity contribution in [3.05, 3.63) is 100 Å². The van der Waals surface area contributed by atoms with Gasteiger partial charge in [0.2, 0.25) is 5.91 Å². The van der Waals surface area contributed by atoms with Gasteiger partial charge in [0.25, 0.3) is 5.91 Å². The van der Waals surface area contributed by atoms with Crippen molar-refractivity contribution in [3.8, 4) is 0 Å². The molecule has 0 radical (unpaired) electrons.